The molecule has 0 bridgehead atoms. The van der Waals surface area contributed by atoms with Crippen LogP contribution < -0.4 is 0 Å². The Morgan fingerprint density at radius 3 is 2.00 bits per heavy atom. The van der Waals surface area contributed by atoms with Crippen LogP contribution in [0.4, 0.5) is 0 Å². The smallest absolute Gasteiger partial charge is 0.166 e. The highest BCUT2D eigenvalue weighted by atomic mass is 16.7. The normalized spacial score (nSPS) is 29.6. The third-order valence-electron chi connectivity index (χ3n) is 3.27. The second-order valence-electron chi connectivity index (χ2n) is 4.94. The molecule has 1 aliphatic heterocycles. The molecule has 0 N–H and O–H groups in total. The van der Waals surface area contributed by atoms with Crippen LogP contribution in [0.2, 0.25) is 0 Å². The zero-order valence-corrected chi connectivity index (χ0v) is 10.7. The van der Waals surface area contributed by atoms with E-state index >= 15 is 0 Å². The van der Waals surface area contributed by atoms with E-state index in [0.717, 1.165) is 6.42 Å². The second-order valence-corrected chi connectivity index (χ2v) is 4.94. The van der Waals surface area contributed by atoms with Crippen LogP contribution in [-0.2, 0) is 9.47 Å². The van der Waals surface area contributed by atoms with Crippen molar-refractivity contribution in [1.29, 1.82) is 0 Å². The van der Waals surface area contributed by atoms with Crippen LogP contribution in [0.1, 0.15) is 66.2 Å². The van der Waals surface area contributed by atoms with Crippen LogP contribution in [0.25, 0.3) is 0 Å². The van der Waals surface area contributed by atoms with Crippen LogP contribution in [0.15, 0.2) is 0 Å². The maximum absolute atomic E-state index is 5.85. The summed E-state index contributed by atoms with van der Waals surface area (Å²) in [5, 5.41) is 0. The van der Waals surface area contributed by atoms with Crippen molar-refractivity contribution in [2.24, 2.45) is 0 Å². The summed E-state index contributed by atoms with van der Waals surface area (Å²) in [5.41, 5.74) is 0. The third kappa shape index (κ3) is 4.12. The molecule has 15 heavy (non-hydrogen) atoms. The van der Waals surface area contributed by atoms with Gasteiger partial charge in [-0.1, -0.05) is 32.6 Å². The van der Waals surface area contributed by atoms with Crippen LogP contribution in [-0.4, -0.2) is 18.0 Å². The van der Waals surface area contributed by atoms with Crippen molar-refractivity contribution in [3.8, 4) is 0 Å². The molecule has 2 atom stereocenters. The lowest BCUT2D eigenvalue weighted by molar-refractivity contribution is -0.164. The summed E-state index contributed by atoms with van der Waals surface area (Å²) in [6, 6.07) is 0. The van der Waals surface area contributed by atoms with Gasteiger partial charge < -0.3 is 9.47 Å². The first-order valence-electron chi connectivity index (χ1n) is 6.43. The number of ether oxygens (including phenoxy) is 2. The molecule has 0 aromatic carbocycles. The van der Waals surface area contributed by atoms with E-state index in [-0.39, 0.29) is 18.0 Å². The Morgan fingerprint density at radius 2 is 1.47 bits per heavy atom. The summed E-state index contributed by atoms with van der Waals surface area (Å²) in [6.07, 6.45) is 8.04. The van der Waals surface area contributed by atoms with E-state index in [4.69, 9.17) is 9.47 Å². The van der Waals surface area contributed by atoms with E-state index < -0.39 is 0 Å². The number of hydrogen-bond acceptors (Lipinski definition) is 2. The van der Waals surface area contributed by atoms with Crippen LogP contribution in [0.3, 0.4) is 0 Å². The van der Waals surface area contributed by atoms with Gasteiger partial charge in [-0.15, -0.1) is 0 Å². The predicted molar refractivity (Wildman–Crippen MR) is 62.9 cm³/mol. The lowest BCUT2D eigenvalue weighted by Crippen LogP contribution is -2.26. The minimum absolute atomic E-state index is 0.241. The Labute approximate surface area is 94.3 Å². The topological polar surface area (TPSA) is 18.5 Å². The summed E-state index contributed by atoms with van der Waals surface area (Å²) < 4.78 is 11.7. The van der Waals surface area contributed by atoms with Crippen LogP contribution >= 0.6 is 0 Å². The molecule has 2 heteroatoms. The highest BCUT2D eigenvalue weighted by Gasteiger charge is 2.39. The Hall–Kier alpha value is -0.0800. The molecular weight excluding hydrogens is 188 g/mol. The summed E-state index contributed by atoms with van der Waals surface area (Å²) >= 11 is 0. The van der Waals surface area contributed by atoms with E-state index in [1.54, 1.807) is 0 Å². The summed E-state index contributed by atoms with van der Waals surface area (Å²) in [7, 11) is 0. The van der Waals surface area contributed by atoms with Gasteiger partial charge in [0.2, 0.25) is 0 Å². The fourth-order valence-electron chi connectivity index (χ4n) is 2.17. The first-order chi connectivity index (χ1) is 7.07. The molecule has 0 unspecified atom stereocenters. The zero-order chi connectivity index (χ0) is 11.3. The molecule has 1 saturated heterocycles. The van der Waals surface area contributed by atoms with Crippen molar-refractivity contribution < 1.29 is 9.47 Å². The Morgan fingerprint density at radius 1 is 0.933 bits per heavy atom. The van der Waals surface area contributed by atoms with Crippen molar-refractivity contribution in [2.45, 2.75) is 84.2 Å². The molecule has 2 nitrogen and oxygen atoms in total. The lowest BCUT2D eigenvalue weighted by atomic mass is 10.1. The molecule has 0 radical (unpaired) electrons. The van der Waals surface area contributed by atoms with Crippen LogP contribution in [0.5, 0.6) is 0 Å². The summed E-state index contributed by atoms with van der Waals surface area (Å²) in [5.74, 6) is -0.314. The fraction of sp³-hybridized carbons (Fsp3) is 1.00. The Balaban J connectivity index is 2.15. The molecule has 0 aliphatic carbocycles. The molecule has 0 spiro atoms. The van der Waals surface area contributed by atoms with E-state index in [9.17, 15) is 0 Å². The maximum Gasteiger partial charge on any atom is 0.166 e. The van der Waals surface area contributed by atoms with E-state index in [2.05, 4.69) is 27.7 Å². The van der Waals surface area contributed by atoms with Crippen molar-refractivity contribution in [3.05, 3.63) is 0 Å². The zero-order valence-electron chi connectivity index (χ0n) is 10.7. The van der Waals surface area contributed by atoms with Crippen molar-refractivity contribution >= 4 is 0 Å². The first-order valence-corrected chi connectivity index (χ1v) is 6.43. The highest BCUT2D eigenvalue weighted by Crippen LogP contribution is 2.32. The quantitative estimate of drug-likeness (QED) is 0.625. The number of rotatable bonds is 6. The van der Waals surface area contributed by atoms with Gasteiger partial charge in [0, 0.05) is 6.42 Å². The van der Waals surface area contributed by atoms with Gasteiger partial charge in [0.15, 0.2) is 5.79 Å². The third-order valence-corrected chi connectivity index (χ3v) is 3.27. The van der Waals surface area contributed by atoms with Crippen molar-refractivity contribution in [2.75, 3.05) is 0 Å². The molecule has 1 rings (SSSR count). The van der Waals surface area contributed by atoms with Crippen LogP contribution in [0, 0.1) is 0 Å². The van der Waals surface area contributed by atoms with Gasteiger partial charge in [-0.25, -0.2) is 0 Å². The molecule has 1 fully saturated rings. The Kier molecular flexibility index (Phi) is 5.07. The largest absolute Gasteiger partial charge is 0.345 e. The molecule has 0 amide bonds. The van der Waals surface area contributed by atoms with Gasteiger partial charge in [-0.05, 0) is 27.2 Å². The average Bonchev–Trinajstić information content (AvgIpc) is 2.41. The van der Waals surface area contributed by atoms with Gasteiger partial charge in [0.1, 0.15) is 0 Å². The molecule has 0 saturated carbocycles. The SMILES string of the molecule is CCCCCCCC1(C)O[C@@H](C)[C@H](C)O1. The highest BCUT2D eigenvalue weighted by molar-refractivity contribution is 4.78. The molecule has 0 aromatic rings. The Bertz CT molecular complexity index is 169. The standard InChI is InChI=1S/C13H26O2/c1-5-6-7-8-9-10-13(4)14-11(2)12(3)15-13/h11-12H,5-10H2,1-4H3/t11-,12-/m0/s1. The van der Waals surface area contributed by atoms with Gasteiger partial charge in [0.25, 0.3) is 0 Å². The lowest BCUT2D eigenvalue weighted by Gasteiger charge is -2.23. The minimum Gasteiger partial charge on any atom is -0.345 e. The van der Waals surface area contributed by atoms with E-state index in [0.29, 0.717) is 0 Å². The van der Waals surface area contributed by atoms with Crippen molar-refractivity contribution in [3.63, 3.8) is 0 Å². The molecule has 1 aliphatic rings. The predicted octanol–water partition coefficient (Wildman–Crippen LogP) is 3.89. The van der Waals surface area contributed by atoms with Gasteiger partial charge in [-0.2, -0.15) is 0 Å². The fourth-order valence-corrected chi connectivity index (χ4v) is 2.17. The minimum atomic E-state index is -0.314. The van der Waals surface area contributed by atoms with Gasteiger partial charge in [0.05, 0.1) is 12.2 Å². The van der Waals surface area contributed by atoms with Gasteiger partial charge >= 0.3 is 0 Å². The monoisotopic (exact) mass is 214 g/mol. The molecule has 1 heterocycles. The summed E-state index contributed by atoms with van der Waals surface area (Å²) in [4.78, 5) is 0. The van der Waals surface area contributed by atoms with Crippen molar-refractivity contribution in [1.82, 2.24) is 0 Å². The van der Waals surface area contributed by atoms with Gasteiger partial charge in [-0.3, -0.25) is 0 Å². The average molecular weight is 214 g/mol. The summed E-state index contributed by atoms with van der Waals surface area (Å²) in [6.45, 7) is 8.50. The number of hydrogen-bond donors (Lipinski definition) is 0. The molecule has 0 aromatic heterocycles. The molecular formula is C13H26O2. The molecule has 90 valence electrons. The van der Waals surface area contributed by atoms with E-state index in [1.807, 2.05) is 0 Å². The number of unbranched alkanes of at least 4 members (excludes halogenated alkanes) is 4. The maximum atomic E-state index is 5.85. The second kappa shape index (κ2) is 5.86. The first kappa shape index (κ1) is 13.0. The van der Waals surface area contributed by atoms with E-state index in [1.165, 1.54) is 32.1 Å².